The molecule has 0 aliphatic heterocycles. The van der Waals surface area contributed by atoms with Crippen molar-refractivity contribution in [3.05, 3.63) is 53.6 Å². The number of alkyl halides is 3. The lowest BCUT2D eigenvalue weighted by atomic mass is 10.2. The standard InChI is InChI=1S/C13H10F3N3O/c1-8-17-6-9(7-18-8)12(20)19-11-4-2-3-10(5-11)13(14,15)16/h2-7H,1H3,(H,19,20). The highest BCUT2D eigenvalue weighted by molar-refractivity contribution is 6.03. The Morgan fingerprint density at radius 3 is 2.45 bits per heavy atom. The first-order valence-electron chi connectivity index (χ1n) is 5.63. The lowest BCUT2D eigenvalue weighted by Crippen LogP contribution is -2.14. The first-order valence-corrected chi connectivity index (χ1v) is 5.63. The van der Waals surface area contributed by atoms with Crippen molar-refractivity contribution in [2.75, 3.05) is 5.32 Å². The number of nitrogens with one attached hydrogen (secondary N) is 1. The number of carbonyl (C=O) groups excluding carboxylic acids is 1. The number of amides is 1. The van der Waals surface area contributed by atoms with E-state index in [0.717, 1.165) is 12.1 Å². The van der Waals surface area contributed by atoms with Crippen molar-refractivity contribution in [2.24, 2.45) is 0 Å². The molecular formula is C13H10F3N3O. The number of anilines is 1. The highest BCUT2D eigenvalue weighted by atomic mass is 19.4. The number of aromatic nitrogens is 2. The predicted octanol–water partition coefficient (Wildman–Crippen LogP) is 3.06. The summed E-state index contributed by atoms with van der Waals surface area (Å²) >= 11 is 0. The van der Waals surface area contributed by atoms with E-state index in [4.69, 9.17) is 0 Å². The van der Waals surface area contributed by atoms with Gasteiger partial charge >= 0.3 is 6.18 Å². The molecular weight excluding hydrogens is 271 g/mol. The van der Waals surface area contributed by atoms with Gasteiger partial charge in [-0.1, -0.05) is 6.07 Å². The van der Waals surface area contributed by atoms with Gasteiger partial charge in [0.1, 0.15) is 5.82 Å². The maximum atomic E-state index is 12.5. The van der Waals surface area contributed by atoms with Gasteiger partial charge in [-0.05, 0) is 25.1 Å². The fourth-order valence-electron chi connectivity index (χ4n) is 1.49. The lowest BCUT2D eigenvalue weighted by Gasteiger charge is -2.09. The number of halogens is 3. The molecule has 0 unspecified atom stereocenters. The Morgan fingerprint density at radius 2 is 1.85 bits per heavy atom. The zero-order valence-corrected chi connectivity index (χ0v) is 10.4. The van der Waals surface area contributed by atoms with Crippen molar-refractivity contribution in [1.82, 2.24) is 9.97 Å². The van der Waals surface area contributed by atoms with Crippen molar-refractivity contribution >= 4 is 11.6 Å². The smallest absolute Gasteiger partial charge is 0.322 e. The molecule has 0 fully saturated rings. The highest BCUT2D eigenvalue weighted by Gasteiger charge is 2.30. The van der Waals surface area contributed by atoms with Crippen LogP contribution in [0.15, 0.2) is 36.7 Å². The Kier molecular flexibility index (Phi) is 3.69. The molecule has 0 saturated heterocycles. The van der Waals surface area contributed by atoms with Crippen LogP contribution in [0.5, 0.6) is 0 Å². The highest BCUT2D eigenvalue weighted by Crippen LogP contribution is 2.30. The van der Waals surface area contributed by atoms with Gasteiger partial charge < -0.3 is 5.32 Å². The Balaban J connectivity index is 2.18. The van der Waals surface area contributed by atoms with Gasteiger partial charge in [0.15, 0.2) is 0 Å². The van der Waals surface area contributed by atoms with E-state index in [0.29, 0.717) is 5.82 Å². The van der Waals surface area contributed by atoms with Gasteiger partial charge in [0.25, 0.3) is 5.91 Å². The second kappa shape index (κ2) is 5.28. The Labute approximate surface area is 112 Å². The average molecular weight is 281 g/mol. The van der Waals surface area contributed by atoms with Crippen LogP contribution in [0.1, 0.15) is 21.7 Å². The van der Waals surface area contributed by atoms with Crippen LogP contribution in [0.25, 0.3) is 0 Å². The largest absolute Gasteiger partial charge is 0.416 e. The second-order valence-corrected chi connectivity index (χ2v) is 4.05. The molecule has 4 nitrogen and oxygen atoms in total. The Bertz CT molecular complexity index is 624. The molecule has 2 rings (SSSR count). The summed E-state index contributed by atoms with van der Waals surface area (Å²) in [4.78, 5) is 19.5. The monoisotopic (exact) mass is 281 g/mol. The fourth-order valence-corrected chi connectivity index (χ4v) is 1.49. The molecule has 1 aromatic heterocycles. The minimum atomic E-state index is -4.45. The molecule has 2 aromatic rings. The molecule has 104 valence electrons. The van der Waals surface area contributed by atoms with E-state index in [1.54, 1.807) is 6.92 Å². The summed E-state index contributed by atoms with van der Waals surface area (Å²) in [6, 6.07) is 4.41. The lowest BCUT2D eigenvalue weighted by molar-refractivity contribution is -0.137. The van der Waals surface area contributed by atoms with Gasteiger partial charge in [0.05, 0.1) is 11.1 Å². The van der Waals surface area contributed by atoms with Crippen LogP contribution in [0.4, 0.5) is 18.9 Å². The number of rotatable bonds is 2. The van der Waals surface area contributed by atoms with E-state index >= 15 is 0 Å². The number of carbonyl (C=O) groups is 1. The SMILES string of the molecule is Cc1ncc(C(=O)Nc2cccc(C(F)(F)F)c2)cn1. The minimum absolute atomic E-state index is 0.0606. The van der Waals surface area contributed by atoms with E-state index in [1.807, 2.05) is 0 Å². The Hall–Kier alpha value is -2.44. The fraction of sp³-hybridized carbons (Fsp3) is 0.154. The Morgan fingerprint density at radius 1 is 1.20 bits per heavy atom. The molecule has 1 amide bonds. The summed E-state index contributed by atoms with van der Waals surface area (Å²) in [6.07, 6.45) is -1.83. The third kappa shape index (κ3) is 3.31. The van der Waals surface area contributed by atoms with E-state index < -0.39 is 17.6 Å². The molecule has 7 heteroatoms. The van der Waals surface area contributed by atoms with Crippen LogP contribution < -0.4 is 5.32 Å². The zero-order valence-electron chi connectivity index (χ0n) is 10.4. The number of nitrogens with zero attached hydrogens (tertiary/aromatic N) is 2. The first kappa shape index (κ1) is 14.0. The summed E-state index contributed by atoms with van der Waals surface area (Å²) in [7, 11) is 0. The van der Waals surface area contributed by atoms with Crippen molar-refractivity contribution in [3.63, 3.8) is 0 Å². The van der Waals surface area contributed by atoms with Crippen LogP contribution in [0.2, 0.25) is 0 Å². The van der Waals surface area contributed by atoms with Gasteiger partial charge in [0, 0.05) is 18.1 Å². The summed E-state index contributed by atoms with van der Waals surface area (Å²) in [6.45, 7) is 1.66. The van der Waals surface area contributed by atoms with E-state index in [9.17, 15) is 18.0 Å². The van der Waals surface area contributed by atoms with Crippen LogP contribution in [0.3, 0.4) is 0 Å². The normalized spacial score (nSPS) is 11.2. The summed E-state index contributed by atoms with van der Waals surface area (Å²) in [5, 5.41) is 2.37. The van der Waals surface area contributed by atoms with Crippen LogP contribution >= 0.6 is 0 Å². The molecule has 0 bridgehead atoms. The maximum Gasteiger partial charge on any atom is 0.416 e. The number of aryl methyl sites for hydroxylation is 1. The molecule has 1 heterocycles. The summed E-state index contributed by atoms with van der Waals surface area (Å²) in [5.41, 5.74) is -0.589. The molecule has 1 aromatic carbocycles. The van der Waals surface area contributed by atoms with Gasteiger partial charge in [0.2, 0.25) is 0 Å². The van der Waals surface area contributed by atoms with Crippen LogP contribution in [0, 0.1) is 6.92 Å². The third-order valence-electron chi connectivity index (χ3n) is 2.49. The molecule has 20 heavy (non-hydrogen) atoms. The van der Waals surface area contributed by atoms with Crippen molar-refractivity contribution < 1.29 is 18.0 Å². The van der Waals surface area contributed by atoms with E-state index in [2.05, 4.69) is 15.3 Å². The summed E-state index contributed by atoms with van der Waals surface area (Å²) in [5.74, 6) is -0.0649. The van der Waals surface area contributed by atoms with Crippen molar-refractivity contribution in [1.29, 1.82) is 0 Å². The van der Waals surface area contributed by atoms with Crippen LogP contribution in [-0.2, 0) is 6.18 Å². The van der Waals surface area contributed by atoms with Crippen molar-refractivity contribution in [2.45, 2.75) is 13.1 Å². The van der Waals surface area contributed by atoms with E-state index in [-0.39, 0.29) is 11.3 Å². The summed E-state index contributed by atoms with van der Waals surface area (Å²) < 4.78 is 37.6. The predicted molar refractivity (Wildman–Crippen MR) is 66.2 cm³/mol. The topological polar surface area (TPSA) is 54.9 Å². The number of benzene rings is 1. The second-order valence-electron chi connectivity index (χ2n) is 4.05. The van der Waals surface area contributed by atoms with Gasteiger partial charge in [-0.2, -0.15) is 13.2 Å². The molecule has 0 radical (unpaired) electrons. The minimum Gasteiger partial charge on any atom is -0.322 e. The average Bonchev–Trinajstić information content (AvgIpc) is 2.38. The molecule has 0 spiro atoms. The van der Waals surface area contributed by atoms with E-state index in [1.165, 1.54) is 24.5 Å². The molecule has 0 atom stereocenters. The molecule has 0 aliphatic rings. The number of hydrogen-bond acceptors (Lipinski definition) is 3. The molecule has 0 saturated carbocycles. The van der Waals surface area contributed by atoms with Gasteiger partial charge in [-0.3, -0.25) is 4.79 Å². The third-order valence-corrected chi connectivity index (χ3v) is 2.49. The van der Waals surface area contributed by atoms with Gasteiger partial charge in [-0.25, -0.2) is 9.97 Å². The quantitative estimate of drug-likeness (QED) is 0.920. The van der Waals surface area contributed by atoms with Crippen LogP contribution in [-0.4, -0.2) is 15.9 Å². The maximum absolute atomic E-state index is 12.5. The number of hydrogen-bond donors (Lipinski definition) is 1. The molecule has 1 N–H and O–H groups in total. The first-order chi connectivity index (χ1) is 9.36. The van der Waals surface area contributed by atoms with Gasteiger partial charge in [-0.15, -0.1) is 0 Å². The molecule has 0 aliphatic carbocycles. The zero-order chi connectivity index (χ0) is 14.8. The van der Waals surface area contributed by atoms with Crippen molar-refractivity contribution in [3.8, 4) is 0 Å².